The van der Waals surface area contributed by atoms with E-state index in [2.05, 4.69) is 27.3 Å². The molecule has 0 atom stereocenters. The zero-order valence-corrected chi connectivity index (χ0v) is 12.2. The van der Waals surface area contributed by atoms with Gasteiger partial charge in [0.25, 0.3) is 0 Å². The maximum Gasteiger partial charge on any atom is 0.227 e. The molecular formula is C17H17N3O2. The lowest BCUT2D eigenvalue weighted by molar-refractivity contribution is 0.270. The van der Waals surface area contributed by atoms with Crippen LogP contribution in [-0.2, 0) is 18.3 Å². The molecule has 22 heavy (non-hydrogen) atoms. The molecule has 112 valence electrons. The van der Waals surface area contributed by atoms with Crippen LogP contribution >= 0.6 is 0 Å². The Morgan fingerprint density at radius 2 is 1.95 bits per heavy atom. The summed E-state index contributed by atoms with van der Waals surface area (Å²) in [5, 5.41) is 4.25. The minimum absolute atomic E-state index is 0.0879. The van der Waals surface area contributed by atoms with Crippen LogP contribution in [0.4, 0.5) is 0 Å². The van der Waals surface area contributed by atoms with Gasteiger partial charge >= 0.3 is 0 Å². The van der Waals surface area contributed by atoms with Crippen LogP contribution < -0.4 is 0 Å². The third-order valence-electron chi connectivity index (χ3n) is 4.50. The number of nitrogens with zero attached hydrogens (tertiary/aromatic N) is 3. The molecule has 1 fully saturated rings. The Labute approximate surface area is 128 Å². The second-order valence-corrected chi connectivity index (χ2v) is 5.76. The predicted molar refractivity (Wildman–Crippen MR) is 79.3 cm³/mol. The van der Waals surface area contributed by atoms with Crippen molar-refractivity contribution in [2.24, 2.45) is 0 Å². The third-order valence-corrected chi connectivity index (χ3v) is 4.50. The Kier molecular flexibility index (Phi) is 3.25. The van der Waals surface area contributed by atoms with Crippen LogP contribution in [0.25, 0.3) is 0 Å². The van der Waals surface area contributed by atoms with Crippen LogP contribution in [0.5, 0.6) is 0 Å². The van der Waals surface area contributed by atoms with Crippen molar-refractivity contribution in [3.8, 4) is 0 Å². The minimum atomic E-state index is -0.0879. The first-order valence-electron chi connectivity index (χ1n) is 7.63. The van der Waals surface area contributed by atoms with Crippen molar-refractivity contribution in [2.45, 2.75) is 37.5 Å². The summed E-state index contributed by atoms with van der Waals surface area (Å²) < 4.78 is 10.8. The summed E-state index contributed by atoms with van der Waals surface area (Å²) >= 11 is 0. The van der Waals surface area contributed by atoms with E-state index in [1.54, 1.807) is 6.26 Å². The van der Waals surface area contributed by atoms with Crippen LogP contribution in [0, 0.1) is 0 Å². The van der Waals surface area contributed by atoms with Crippen LogP contribution in [0.15, 0.2) is 51.9 Å². The summed E-state index contributed by atoms with van der Waals surface area (Å²) in [5.74, 6) is 2.42. The van der Waals surface area contributed by atoms with Gasteiger partial charge in [0.05, 0.1) is 11.7 Å². The van der Waals surface area contributed by atoms with E-state index >= 15 is 0 Å². The highest BCUT2D eigenvalue weighted by atomic mass is 16.5. The van der Waals surface area contributed by atoms with Crippen LogP contribution in [0.2, 0.25) is 0 Å². The molecule has 0 saturated heterocycles. The summed E-state index contributed by atoms with van der Waals surface area (Å²) in [6.45, 7) is 0. The summed E-state index contributed by atoms with van der Waals surface area (Å²) in [6.07, 6.45) is 10.1. The van der Waals surface area contributed by atoms with Gasteiger partial charge < -0.3 is 8.94 Å². The second kappa shape index (κ2) is 5.40. The fraction of sp³-hybridized carbons (Fsp3) is 0.353. The molecule has 0 spiro atoms. The van der Waals surface area contributed by atoms with Gasteiger partial charge in [-0.2, -0.15) is 4.98 Å². The lowest BCUT2D eigenvalue weighted by atomic mass is 9.64. The largest absolute Gasteiger partial charge is 0.469 e. The standard InChI is InChI=1S/C17H17N3O2/c1-3-14(21-12-1)4-5-15-19-16(20-22-15)17(8-2-9-17)13-6-10-18-11-7-13/h1,3,6-7,10-12H,2,4-5,8-9H2. The van der Waals surface area contributed by atoms with E-state index in [1.165, 1.54) is 12.0 Å². The van der Waals surface area contributed by atoms with Crippen molar-refractivity contribution in [3.63, 3.8) is 0 Å². The van der Waals surface area contributed by atoms with Crippen molar-refractivity contribution in [2.75, 3.05) is 0 Å². The van der Waals surface area contributed by atoms with Crippen molar-refractivity contribution in [1.29, 1.82) is 0 Å². The maximum atomic E-state index is 5.45. The molecule has 1 aliphatic rings. The highest BCUT2D eigenvalue weighted by molar-refractivity contribution is 5.34. The van der Waals surface area contributed by atoms with E-state index in [-0.39, 0.29) is 5.41 Å². The van der Waals surface area contributed by atoms with Gasteiger partial charge in [-0.05, 0) is 42.7 Å². The van der Waals surface area contributed by atoms with Crippen molar-refractivity contribution >= 4 is 0 Å². The zero-order valence-electron chi connectivity index (χ0n) is 12.2. The molecule has 1 aliphatic carbocycles. The van der Waals surface area contributed by atoms with Gasteiger partial charge in [-0.3, -0.25) is 4.98 Å². The number of pyridine rings is 1. The van der Waals surface area contributed by atoms with E-state index in [4.69, 9.17) is 8.94 Å². The molecular weight excluding hydrogens is 278 g/mol. The van der Waals surface area contributed by atoms with E-state index in [0.717, 1.165) is 30.8 Å². The first-order chi connectivity index (χ1) is 10.9. The van der Waals surface area contributed by atoms with Gasteiger partial charge in [0.2, 0.25) is 5.89 Å². The predicted octanol–water partition coefficient (Wildman–Crippen LogP) is 3.31. The Balaban J connectivity index is 1.55. The van der Waals surface area contributed by atoms with Crippen molar-refractivity contribution < 1.29 is 8.94 Å². The van der Waals surface area contributed by atoms with E-state index in [0.29, 0.717) is 12.3 Å². The van der Waals surface area contributed by atoms with Gasteiger partial charge in [0.1, 0.15) is 5.76 Å². The monoisotopic (exact) mass is 295 g/mol. The van der Waals surface area contributed by atoms with E-state index in [9.17, 15) is 0 Å². The SMILES string of the molecule is c1coc(CCc2nc(C3(c4ccncc4)CCC3)no2)c1. The van der Waals surface area contributed by atoms with Crippen LogP contribution in [0.3, 0.4) is 0 Å². The normalized spacial score (nSPS) is 16.4. The Hall–Kier alpha value is -2.43. The number of aromatic nitrogens is 3. The third kappa shape index (κ3) is 2.22. The van der Waals surface area contributed by atoms with Gasteiger partial charge in [-0.25, -0.2) is 0 Å². The summed E-state index contributed by atoms with van der Waals surface area (Å²) in [5.41, 5.74) is 1.14. The average Bonchev–Trinajstić information content (AvgIpc) is 3.17. The van der Waals surface area contributed by atoms with Gasteiger partial charge in [0.15, 0.2) is 5.82 Å². The molecule has 1 saturated carbocycles. The molecule has 0 unspecified atom stereocenters. The number of rotatable bonds is 5. The zero-order chi connectivity index (χ0) is 14.8. The smallest absolute Gasteiger partial charge is 0.227 e. The fourth-order valence-electron chi connectivity index (χ4n) is 3.08. The molecule has 0 N–H and O–H groups in total. The molecule has 5 nitrogen and oxygen atoms in total. The summed E-state index contributed by atoms with van der Waals surface area (Å²) in [6, 6.07) is 7.96. The van der Waals surface area contributed by atoms with Crippen molar-refractivity contribution in [3.05, 3.63) is 66.0 Å². The molecule has 0 aliphatic heterocycles. The Morgan fingerprint density at radius 3 is 2.64 bits per heavy atom. The Bertz CT molecular complexity index is 730. The number of furan rings is 1. The highest BCUT2D eigenvalue weighted by Gasteiger charge is 2.44. The lowest BCUT2D eigenvalue weighted by Gasteiger charge is -2.39. The maximum absolute atomic E-state index is 5.45. The topological polar surface area (TPSA) is 65.0 Å². The molecule has 4 rings (SSSR count). The molecule has 3 heterocycles. The quantitative estimate of drug-likeness (QED) is 0.722. The second-order valence-electron chi connectivity index (χ2n) is 5.76. The first kappa shape index (κ1) is 13.2. The van der Waals surface area contributed by atoms with Gasteiger partial charge in [-0.1, -0.05) is 11.6 Å². The van der Waals surface area contributed by atoms with Crippen molar-refractivity contribution in [1.82, 2.24) is 15.1 Å². The molecule has 3 aromatic heterocycles. The molecule has 0 bridgehead atoms. The molecule has 5 heteroatoms. The fourth-order valence-corrected chi connectivity index (χ4v) is 3.08. The first-order valence-corrected chi connectivity index (χ1v) is 7.63. The minimum Gasteiger partial charge on any atom is -0.469 e. The molecule has 3 aromatic rings. The number of hydrogen-bond donors (Lipinski definition) is 0. The lowest BCUT2D eigenvalue weighted by Crippen LogP contribution is -2.36. The summed E-state index contributed by atoms with van der Waals surface area (Å²) in [7, 11) is 0. The summed E-state index contributed by atoms with van der Waals surface area (Å²) in [4.78, 5) is 8.74. The molecule has 0 amide bonds. The number of hydrogen-bond acceptors (Lipinski definition) is 5. The number of aryl methyl sites for hydroxylation is 2. The highest BCUT2D eigenvalue weighted by Crippen LogP contribution is 2.47. The van der Waals surface area contributed by atoms with Gasteiger partial charge in [0, 0.05) is 25.2 Å². The Morgan fingerprint density at radius 1 is 1.09 bits per heavy atom. The van der Waals surface area contributed by atoms with E-state index in [1.807, 2.05) is 24.5 Å². The van der Waals surface area contributed by atoms with E-state index < -0.39 is 0 Å². The average molecular weight is 295 g/mol. The van der Waals surface area contributed by atoms with Crippen LogP contribution in [-0.4, -0.2) is 15.1 Å². The van der Waals surface area contributed by atoms with Crippen LogP contribution in [0.1, 0.15) is 42.3 Å². The molecule has 0 aromatic carbocycles. The van der Waals surface area contributed by atoms with Gasteiger partial charge in [-0.15, -0.1) is 0 Å². The molecule has 0 radical (unpaired) electrons.